The maximum absolute atomic E-state index is 12.6. The van der Waals surface area contributed by atoms with Crippen molar-refractivity contribution in [2.75, 3.05) is 0 Å². The van der Waals surface area contributed by atoms with Crippen LogP contribution < -0.4 is 5.32 Å². The fourth-order valence-electron chi connectivity index (χ4n) is 3.23. The van der Waals surface area contributed by atoms with Crippen LogP contribution in [0.5, 0.6) is 0 Å². The predicted molar refractivity (Wildman–Crippen MR) is 74.0 cm³/mol. The first-order valence-corrected chi connectivity index (χ1v) is 7.51. The van der Waals surface area contributed by atoms with Gasteiger partial charge in [-0.1, -0.05) is 34.1 Å². The smallest absolute Gasteiger partial charge is 0.241 e. The molecule has 18 heavy (non-hydrogen) atoms. The van der Waals surface area contributed by atoms with E-state index in [2.05, 4.69) is 44.8 Å². The Kier molecular flexibility index (Phi) is 4.00. The van der Waals surface area contributed by atoms with E-state index in [1.54, 1.807) is 0 Å². The standard InChI is InChI=1S/C15H28N2O/c1-9(2)13-15(18)17(14(16-13)10(3)4)11(5)12-7-6-8-12/h9-14,16H,6-8H2,1-5H3. The molecule has 0 aromatic heterocycles. The summed E-state index contributed by atoms with van der Waals surface area (Å²) in [6.45, 7) is 10.9. The maximum atomic E-state index is 12.6. The zero-order valence-corrected chi connectivity index (χ0v) is 12.4. The van der Waals surface area contributed by atoms with Gasteiger partial charge in [0.15, 0.2) is 0 Å². The third-order valence-electron chi connectivity index (χ3n) is 4.74. The molecular formula is C15H28N2O. The molecule has 2 rings (SSSR count). The van der Waals surface area contributed by atoms with Crippen molar-refractivity contribution in [1.29, 1.82) is 0 Å². The molecule has 3 nitrogen and oxygen atoms in total. The van der Waals surface area contributed by atoms with Gasteiger partial charge in [-0.3, -0.25) is 10.1 Å². The van der Waals surface area contributed by atoms with Crippen LogP contribution in [0.1, 0.15) is 53.9 Å². The fraction of sp³-hybridized carbons (Fsp3) is 0.933. The molecular weight excluding hydrogens is 224 g/mol. The van der Waals surface area contributed by atoms with Gasteiger partial charge in [0.2, 0.25) is 5.91 Å². The normalized spacial score (nSPS) is 31.3. The average Bonchev–Trinajstić information content (AvgIpc) is 2.53. The van der Waals surface area contributed by atoms with Crippen LogP contribution in [0, 0.1) is 17.8 Å². The third kappa shape index (κ3) is 2.29. The molecule has 3 unspecified atom stereocenters. The zero-order chi connectivity index (χ0) is 13.4. The van der Waals surface area contributed by atoms with Crippen LogP contribution in [0.15, 0.2) is 0 Å². The van der Waals surface area contributed by atoms with Crippen molar-refractivity contribution in [3.63, 3.8) is 0 Å². The molecule has 1 aliphatic heterocycles. The lowest BCUT2D eigenvalue weighted by atomic mass is 9.79. The van der Waals surface area contributed by atoms with Gasteiger partial charge >= 0.3 is 0 Å². The molecule has 2 aliphatic rings. The number of rotatable bonds is 4. The van der Waals surface area contributed by atoms with Gasteiger partial charge in [-0.05, 0) is 37.5 Å². The Balaban J connectivity index is 2.15. The van der Waals surface area contributed by atoms with Crippen LogP contribution in [0.4, 0.5) is 0 Å². The van der Waals surface area contributed by atoms with Crippen LogP contribution in [-0.2, 0) is 4.79 Å². The lowest BCUT2D eigenvalue weighted by Crippen LogP contribution is -2.50. The predicted octanol–water partition coefficient (Wildman–Crippen LogP) is 2.61. The largest absolute Gasteiger partial charge is 0.323 e. The minimum absolute atomic E-state index is 0.0138. The Labute approximate surface area is 111 Å². The number of hydrogen-bond acceptors (Lipinski definition) is 2. The number of carbonyl (C=O) groups excluding carboxylic acids is 1. The molecule has 0 bridgehead atoms. The summed E-state index contributed by atoms with van der Waals surface area (Å²) >= 11 is 0. The second-order valence-corrected chi connectivity index (χ2v) is 6.75. The Morgan fingerprint density at radius 1 is 1.11 bits per heavy atom. The van der Waals surface area contributed by atoms with Crippen LogP contribution in [0.25, 0.3) is 0 Å². The number of hydrogen-bond donors (Lipinski definition) is 1. The Bertz CT molecular complexity index is 310. The molecule has 0 aromatic carbocycles. The van der Waals surface area contributed by atoms with Crippen molar-refractivity contribution >= 4 is 5.91 Å². The second kappa shape index (κ2) is 5.20. The number of carbonyl (C=O) groups is 1. The summed E-state index contributed by atoms with van der Waals surface area (Å²) in [7, 11) is 0. The van der Waals surface area contributed by atoms with E-state index < -0.39 is 0 Å². The quantitative estimate of drug-likeness (QED) is 0.834. The summed E-state index contributed by atoms with van der Waals surface area (Å²) in [5.74, 6) is 1.89. The fourth-order valence-corrected chi connectivity index (χ4v) is 3.23. The van der Waals surface area contributed by atoms with Gasteiger partial charge in [-0.2, -0.15) is 0 Å². The Morgan fingerprint density at radius 3 is 2.11 bits per heavy atom. The van der Waals surface area contributed by atoms with Gasteiger partial charge < -0.3 is 4.90 Å². The van der Waals surface area contributed by atoms with E-state index >= 15 is 0 Å². The molecule has 1 aliphatic carbocycles. The van der Waals surface area contributed by atoms with Gasteiger partial charge in [-0.15, -0.1) is 0 Å². The topological polar surface area (TPSA) is 32.3 Å². The highest BCUT2D eigenvalue weighted by atomic mass is 16.2. The maximum Gasteiger partial charge on any atom is 0.241 e. The number of nitrogens with zero attached hydrogens (tertiary/aromatic N) is 1. The molecule has 1 heterocycles. The molecule has 1 amide bonds. The van der Waals surface area contributed by atoms with Crippen molar-refractivity contribution < 1.29 is 4.79 Å². The molecule has 3 heteroatoms. The van der Waals surface area contributed by atoms with E-state index in [0.29, 0.717) is 23.8 Å². The number of nitrogens with one attached hydrogen (secondary N) is 1. The highest BCUT2D eigenvalue weighted by Gasteiger charge is 2.45. The van der Waals surface area contributed by atoms with Gasteiger partial charge in [0.25, 0.3) is 0 Å². The average molecular weight is 252 g/mol. The van der Waals surface area contributed by atoms with Gasteiger partial charge in [0, 0.05) is 6.04 Å². The van der Waals surface area contributed by atoms with E-state index in [-0.39, 0.29) is 12.2 Å². The molecule has 1 N–H and O–H groups in total. The van der Waals surface area contributed by atoms with Crippen LogP contribution in [0.3, 0.4) is 0 Å². The van der Waals surface area contributed by atoms with Gasteiger partial charge in [-0.25, -0.2) is 0 Å². The molecule has 0 spiro atoms. The van der Waals surface area contributed by atoms with Crippen LogP contribution in [-0.4, -0.2) is 29.1 Å². The van der Waals surface area contributed by atoms with E-state index in [9.17, 15) is 4.79 Å². The Morgan fingerprint density at radius 2 is 1.72 bits per heavy atom. The number of amides is 1. The van der Waals surface area contributed by atoms with E-state index in [1.807, 2.05) is 0 Å². The first kappa shape index (κ1) is 13.9. The van der Waals surface area contributed by atoms with Crippen LogP contribution in [0.2, 0.25) is 0 Å². The molecule has 3 atom stereocenters. The van der Waals surface area contributed by atoms with Gasteiger partial charge in [0.05, 0.1) is 12.2 Å². The molecule has 2 fully saturated rings. The third-order valence-corrected chi connectivity index (χ3v) is 4.74. The highest BCUT2D eigenvalue weighted by molar-refractivity contribution is 5.85. The Hall–Kier alpha value is -0.570. The monoisotopic (exact) mass is 252 g/mol. The lowest BCUT2D eigenvalue weighted by molar-refractivity contribution is -0.135. The summed E-state index contributed by atoms with van der Waals surface area (Å²) in [6.07, 6.45) is 4.15. The minimum atomic E-state index is 0.0138. The first-order valence-electron chi connectivity index (χ1n) is 7.51. The van der Waals surface area contributed by atoms with Crippen molar-refractivity contribution in [2.45, 2.75) is 72.1 Å². The van der Waals surface area contributed by atoms with Gasteiger partial charge in [0.1, 0.15) is 0 Å². The highest BCUT2D eigenvalue weighted by Crippen LogP contribution is 2.35. The summed E-state index contributed by atoms with van der Waals surface area (Å²) in [5, 5.41) is 3.55. The summed E-state index contributed by atoms with van der Waals surface area (Å²) < 4.78 is 0. The molecule has 0 radical (unpaired) electrons. The summed E-state index contributed by atoms with van der Waals surface area (Å²) in [5.41, 5.74) is 0. The SMILES string of the molecule is CC(C)C1NC(C(C)C)N(C(C)C2CCC2)C1=O. The second-order valence-electron chi connectivity index (χ2n) is 6.75. The van der Waals surface area contributed by atoms with E-state index in [0.717, 1.165) is 5.92 Å². The van der Waals surface area contributed by atoms with Crippen molar-refractivity contribution in [3.8, 4) is 0 Å². The molecule has 1 saturated carbocycles. The zero-order valence-electron chi connectivity index (χ0n) is 12.4. The first-order chi connectivity index (χ1) is 8.43. The van der Waals surface area contributed by atoms with Crippen LogP contribution >= 0.6 is 0 Å². The summed E-state index contributed by atoms with van der Waals surface area (Å²) in [4.78, 5) is 14.8. The minimum Gasteiger partial charge on any atom is -0.323 e. The van der Waals surface area contributed by atoms with E-state index in [4.69, 9.17) is 0 Å². The lowest BCUT2D eigenvalue weighted by Gasteiger charge is -2.40. The van der Waals surface area contributed by atoms with Crippen molar-refractivity contribution in [2.24, 2.45) is 17.8 Å². The molecule has 0 aromatic rings. The molecule has 104 valence electrons. The van der Waals surface area contributed by atoms with Crippen molar-refractivity contribution in [1.82, 2.24) is 10.2 Å². The van der Waals surface area contributed by atoms with E-state index in [1.165, 1.54) is 19.3 Å². The summed E-state index contributed by atoms with van der Waals surface area (Å²) in [6, 6.07) is 0.412. The molecule has 1 saturated heterocycles. The van der Waals surface area contributed by atoms with Crippen molar-refractivity contribution in [3.05, 3.63) is 0 Å².